The molecule has 0 bridgehead atoms. The molecule has 11 heteroatoms. The summed E-state index contributed by atoms with van der Waals surface area (Å²) in [6.45, 7) is -0.277. The molecule has 7 nitrogen and oxygen atoms in total. The molecule has 206 valence electrons. The van der Waals surface area contributed by atoms with Crippen LogP contribution >= 0.6 is 0 Å². The number of hydrogen-bond donors (Lipinski definition) is 1. The largest absolute Gasteiger partial charge is 0.486 e. The number of aliphatic carboxylic acids is 1. The molecule has 0 saturated heterocycles. The number of fused-ring (bicyclic) bond motifs is 1. The predicted molar refractivity (Wildman–Crippen MR) is 142 cm³/mol. The molecule has 1 aliphatic rings. The Balaban J connectivity index is 1.62. The molecule has 0 spiro atoms. The van der Waals surface area contributed by atoms with Gasteiger partial charge in [0, 0.05) is 23.7 Å². The molecule has 1 atom stereocenters. The van der Waals surface area contributed by atoms with Gasteiger partial charge in [-0.1, -0.05) is 48.5 Å². The Kier molecular flexibility index (Phi) is 7.24. The van der Waals surface area contributed by atoms with Crippen LogP contribution in [0.15, 0.2) is 96.0 Å². The van der Waals surface area contributed by atoms with Gasteiger partial charge in [0.1, 0.15) is 11.9 Å². The second-order valence-corrected chi connectivity index (χ2v) is 11.0. The summed E-state index contributed by atoms with van der Waals surface area (Å²) in [5.41, 5.74) is 1.86. The zero-order chi connectivity index (χ0) is 28.5. The number of pyridine rings is 1. The van der Waals surface area contributed by atoms with Crippen molar-refractivity contribution in [1.82, 2.24) is 4.98 Å². The van der Waals surface area contributed by atoms with Crippen LogP contribution in [-0.2, 0) is 21.0 Å². The Bertz CT molecular complexity index is 1660. The number of sulfonamides is 1. The van der Waals surface area contributed by atoms with E-state index >= 15 is 0 Å². The quantitative estimate of drug-likeness (QED) is 0.283. The first-order valence-electron chi connectivity index (χ1n) is 12.3. The molecule has 5 rings (SSSR count). The number of halogens is 3. The molecule has 0 amide bonds. The van der Waals surface area contributed by atoms with Crippen molar-refractivity contribution in [2.24, 2.45) is 0 Å². The number of benzene rings is 3. The molecular weight excluding hydrogens is 545 g/mol. The number of aromatic nitrogens is 1. The number of rotatable bonds is 7. The lowest BCUT2D eigenvalue weighted by Gasteiger charge is -2.36. The number of hydrogen-bond acceptors (Lipinski definition) is 5. The van der Waals surface area contributed by atoms with Gasteiger partial charge in [0.05, 0.1) is 28.4 Å². The van der Waals surface area contributed by atoms with Gasteiger partial charge in [-0.15, -0.1) is 0 Å². The molecule has 1 N–H and O–H groups in total. The Morgan fingerprint density at radius 2 is 1.75 bits per heavy atom. The monoisotopic (exact) mass is 568 g/mol. The van der Waals surface area contributed by atoms with Crippen LogP contribution in [0.2, 0.25) is 0 Å². The van der Waals surface area contributed by atoms with Gasteiger partial charge in [0.2, 0.25) is 0 Å². The topological polar surface area (TPSA) is 96.8 Å². The first kappa shape index (κ1) is 27.2. The average molecular weight is 569 g/mol. The van der Waals surface area contributed by atoms with Gasteiger partial charge in [-0.2, -0.15) is 13.2 Å². The molecule has 0 fully saturated rings. The Labute approximate surface area is 228 Å². The van der Waals surface area contributed by atoms with E-state index in [0.717, 1.165) is 28.1 Å². The lowest BCUT2D eigenvalue weighted by Crippen LogP contribution is -2.43. The summed E-state index contributed by atoms with van der Waals surface area (Å²) < 4.78 is 74.8. The number of nitrogens with zero attached hydrogens (tertiary/aromatic N) is 2. The molecule has 1 unspecified atom stereocenters. The normalized spacial score (nSPS) is 15.3. The third kappa shape index (κ3) is 5.50. The summed E-state index contributed by atoms with van der Waals surface area (Å²) in [6.07, 6.45) is -4.18. The van der Waals surface area contributed by atoms with Gasteiger partial charge in [-0.05, 0) is 48.4 Å². The van der Waals surface area contributed by atoms with E-state index in [1.165, 1.54) is 0 Å². The second-order valence-electron chi connectivity index (χ2n) is 9.18. The van der Waals surface area contributed by atoms with E-state index in [-0.39, 0.29) is 30.8 Å². The minimum atomic E-state index is -4.74. The number of carboxylic acids is 1. The van der Waals surface area contributed by atoms with Crippen molar-refractivity contribution >= 4 is 21.7 Å². The maximum absolute atomic E-state index is 13.8. The number of anilines is 1. The number of alkyl halides is 3. The lowest BCUT2D eigenvalue weighted by atomic mass is 9.98. The smallest absolute Gasteiger partial charge is 0.416 e. The molecule has 4 aromatic rings. The Morgan fingerprint density at radius 1 is 0.975 bits per heavy atom. The van der Waals surface area contributed by atoms with Crippen LogP contribution in [0, 0.1) is 0 Å². The van der Waals surface area contributed by atoms with Crippen LogP contribution in [0.3, 0.4) is 0 Å². The predicted octanol–water partition coefficient (Wildman–Crippen LogP) is 6.26. The van der Waals surface area contributed by atoms with E-state index in [1.807, 2.05) is 36.4 Å². The Morgan fingerprint density at radius 3 is 2.48 bits per heavy atom. The molecule has 1 aromatic heterocycles. The molecule has 0 aliphatic carbocycles. The van der Waals surface area contributed by atoms with Crippen LogP contribution < -0.4 is 9.04 Å². The van der Waals surface area contributed by atoms with Gasteiger partial charge in [0.15, 0.2) is 0 Å². The van der Waals surface area contributed by atoms with Gasteiger partial charge < -0.3 is 9.84 Å². The summed E-state index contributed by atoms with van der Waals surface area (Å²) in [5.74, 6) is -0.909. The third-order valence-electron chi connectivity index (χ3n) is 6.49. The summed E-state index contributed by atoms with van der Waals surface area (Å²) in [6, 6.07) is 21.4. The summed E-state index contributed by atoms with van der Waals surface area (Å²) in [4.78, 5) is 15.1. The summed E-state index contributed by atoms with van der Waals surface area (Å²) >= 11 is 0. The van der Waals surface area contributed by atoms with Crippen molar-refractivity contribution in [2.45, 2.75) is 30.0 Å². The average Bonchev–Trinajstić information content (AvgIpc) is 2.95. The van der Waals surface area contributed by atoms with E-state index in [9.17, 15) is 26.4 Å². The Hall–Kier alpha value is -4.38. The SMILES string of the molecule is O=C(O)CCC1CN(S(=O)(=O)c2cccc(C(F)(F)F)c2)c2cc(-c3cccnc3-c3ccccc3)ccc2O1. The van der Waals surface area contributed by atoms with Crippen LogP contribution in [0.5, 0.6) is 5.75 Å². The number of carbonyl (C=O) groups is 1. The highest BCUT2D eigenvalue weighted by Gasteiger charge is 2.37. The molecule has 0 radical (unpaired) electrons. The van der Waals surface area contributed by atoms with Crippen molar-refractivity contribution in [2.75, 3.05) is 10.8 Å². The maximum atomic E-state index is 13.8. The summed E-state index contributed by atoms with van der Waals surface area (Å²) in [5, 5.41) is 9.13. The highest BCUT2D eigenvalue weighted by molar-refractivity contribution is 7.92. The molecule has 1 aliphatic heterocycles. The van der Waals surface area contributed by atoms with Crippen molar-refractivity contribution in [3.8, 4) is 28.1 Å². The van der Waals surface area contributed by atoms with E-state index in [0.29, 0.717) is 22.9 Å². The van der Waals surface area contributed by atoms with Crippen LogP contribution in [0.4, 0.5) is 18.9 Å². The second kappa shape index (κ2) is 10.6. The van der Waals surface area contributed by atoms with Gasteiger partial charge >= 0.3 is 12.1 Å². The van der Waals surface area contributed by atoms with Gasteiger partial charge in [0.25, 0.3) is 10.0 Å². The highest BCUT2D eigenvalue weighted by Crippen LogP contribution is 2.42. The van der Waals surface area contributed by atoms with Crippen LogP contribution in [0.25, 0.3) is 22.4 Å². The zero-order valence-electron chi connectivity index (χ0n) is 20.9. The van der Waals surface area contributed by atoms with E-state index in [2.05, 4.69) is 4.98 Å². The zero-order valence-corrected chi connectivity index (χ0v) is 21.7. The fraction of sp³-hybridized carbons (Fsp3) is 0.172. The number of carboxylic acid groups (broad SMARTS) is 1. The van der Waals surface area contributed by atoms with Crippen LogP contribution in [-0.4, -0.2) is 37.1 Å². The fourth-order valence-corrected chi connectivity index (χ4v) is 6.11. The van der Waals surface area contributed by atoms with E-state index in [1.54, 1.807) is 30.5 Å². The lowest BCUT2D eigenvalue weighted by molar-refractivity contribution is -0.138. The first-order valence-corrected chi connectivity index (χ1v) is 13.7. The fourth-order valence-electron chi connectivity index (χ4n) is 4.57. The van der Waals surface area contributed by atoms with Crippen molar-refractivity contribution in [1.29, 1.82) is 0 Å². The molecule has 40 heavy (non-hydrogen) atoms. The van der Waals surface area contributed by atoms with Crippen molar-refractivity contribution < 1.29 is 36.2 Å². The molecule has 3 aromatic carbocycles. The van der Waals surface area contributed by atoms with Crippen LogP contribution in [0.1, 0.15) is 18.4 Å². The van der Waals surface area contributed by atoms with Gasteiger partial charge in [-0.25, -0.2) is 8.42 Å². The standard InChI is InChI=1S/C29H23F3N2O5S/c30-29(31,32)21-8-4-9-23(17-21)40(37,38)34-18-22(12-14-27(35)36)39-26-13-11-20(16-25(26)34)24-10-5-15-33-28(24)19-6-2-1-3-7-19/h1-11,13,15-17,22H,12,14,18H2,(H,35,36). The first-order chi connectivity index (χ1) is 19.0. The van der Waals surface area contributed by atoms with Crippen molar-refractivity contribution in [3.63, 3.8) is 0 Å². The number of ether oxygens (including phenoxy) is 1. The minimum Gasteiger partial charge on any atom is -0.486 e. The van der Waals surface area contributed by atoms with E-state index in [4.69, 9.17) is 9.84 Å². The summed E-state index contributed by atoms with van der Waals surface area (Å²) in [7, 11) is -4.50. The van der Waals surface area contributed by atoms with Crippen molar-refractivity contribution in [3.05, 3.63) is 96.7 Å². The minimum absolute atomic E-state index is 0.00585. The maximum Gasteiger partial charge on any atom is 0.416 e. The third-order valence-corrected chi connectivity index (χ3v) is 8.26. The molecular formula is C29H23F3N2O5S. The van der Waals surface area contributed by atoms with Gasteiger partial charge in [-0.3, -0.25) is 14.1 Å². The molecule has 0 saturated carbocycles. The van der Waals surface area contributed by atoms with E-state index < -0.39 is 38.7 Å². The molecule has 2 heterocycles. The highest BCUT2D eigenvalue weighted by atomic mass is 32.2.